The van der Waals surface area contributed by atoms with E-state index in [4.69, 9.17) is 0 Å². The Labute approximate surface area is 174 Å². The molecule has 0 radical (unpaired) electrons. The molecule has 0 saturated carbocycles. The smallest absolute Gasteiger partial charge is 0.345 e. The second-order valence-electron chi connectivity index (χ2n) is 7.66. The van der Waals surface area contributed by atoms with Gasteiger partial charge in [0.1, 0.15) is 5.75 Å². The molecule has 0 atom stereocenters. The Morgan fingerprint density at radius 2 is 1.80 bits per heavy atom. The number of H-pyrrole nitrogens is 1. The number of benzene rings is 2. The van der Waals surface area contributed by atoms with Gasteiger partial charge in [0.05, 0.1) is 11.4 Å². The van der Waals surface area contributed by atoms with Gasteiger partial charge in [0.15, 0.2) is 0 Å². The topological polar surface area (TPSA) is 89.5 Å². The van der Waals surface area contributed by atoms with Gasteiger partial charge < -0.3 is 19.9 Å². The Kier molecular flexibility index (Phi) is 5.37. The minimum Gasteiger partial charge on any atom is -0.508 e. The van der Waals surface area contributed by atoms with Crippen molar-refractivity contribution in [3.8, 4) is 28.3 Å². The molecule has 0 aliphatic carbocycles. The van der Waals surface area contributed by atoms with Gasteiger partial charge in [0.25, 0.3) is 5.91 Å². The fourth-order valence-corrected chi connectivity index (χ4v) is 3.59. The van der Waals surface area contributed by atoms with Crippen molar-refractivity contribution >= 4 is 5.91 Å². The van der Waals surface area contributed by atoms with E-state index < -0.39 is 5.69 Å². The third-order valence-corrected chi connectivity index (χ3v) is 5.45. The van der Waals surface area contributed by atoms with E-state index in [0.29, 0.717) is 41.2 Å². The number of phenols is 1. The van der Waals surface area contributed by atoms with Gasteiger partial charge in [0, 0.05) is 37.3 Å². The van der Waals surface area contributed by atoms with Crippen LogP contribution < -0.4 is 5.69 Å². The molecule has 1 saturated heterocycles. The van der Waals surface area contributed by atoms with Crippen LogP contribution in [0.3, 0.4) is 0 Å². The highest BCUT2D eigenvalue weighted by atomic mass is 16.3. The van der Waals surface area contributed by atoms with Crippen LogP contribution >= 0.6 is 0 Å². The number of rotatable bonds is 3. The molecular weight excluding hydrogens is 380 g/mol. The Balaban J connectivity index is 1.67. The molecule has 0 bridgehead atoms. The molecule has 30 heavy (non-hydrogen) atoms. The highest BCUT2D eigenvalue weighted by Gasteiger charge is 2.20. The maximum Gasteiger partial charge on any atom is 0.345 e. The number of aromatic amines is 1. The highest BCUT2D eigenvalue weighted by Crippen LogP contribution is 2.26. The number of aryl methyl sites for hydroxylation is 1. The van der Waals surface area contributed by atoms with Gasteiger partial charge >= 0.3 is 5.69 Å². The molecule has 1 aliphatic heterocycles. The van der Waals surface area contributed by atoms with E-state index in [0.717, 1.165) is 18.7 Å². The lowest BCUT2D eigenvalue weighted by Crippen LogP contribution is -2.47. The van der Waals surface area contributed by atoms with Crippen LogP contribution in [-0.2, 0) is 0 Å². The standard InChI is InChI=1S/C23H24N4O3/c1-15-12-17(6-7-21(15)28)20-14-19(24-23(30)25-20)16-4-3-5-18(13-16)22(29)27-10-8-26(2)9-11-27/h3-7,12-14,28H,8-11H2,1-2H3,(H,24,25,30). The number of nitrogens with zero attached hydrogens (tertiary/aromatic N) is 3. The summed E-state index contributed by atoms with van der Waals surface area (Å²) in [6.07, 6.45) is 0. The molecule has 1 amide bonds. The molecule has 2 heterocycles. The van der Waals surface area contributed by atoms with Gasteiger partial charge in [-0.05, 0) is 61.5 Å². The predicted octanol–water partition coefficient (Wildman–Crippen LogP) is 2.51. The lowest BCUT2D eigenvalue weighted by Gasteiger charge is -2.32. The van der Waals surface area contributed by atoms with Crippen molar-refractivity contribution in [1.29, 1.82) is 0 Å². The summed E-state index contributed by atoms with van der Waals surface area (Å²) >= 11 is 0. The number of likely N-dealkylation sites (N-methyl/N-ethyl adjacent to an activating group) is 1. The van der Waals surface area contributed by atoms with Gasteiger partial charge in [-0.25, -0.2) is 4.79 Å². The normalized spacial score (nSPS) is 14.7. The molecule has 2 N–H and O–H groups in total. The predicted molar refractivity (Wildman–Crippen MR) is 116 cm³/mol. The van der Waals surface area contributed by atoms with Crippen LogP contribution in [0, 0.1) is 6.92 Å². The number of amides is 1. The molecule has 7 heteroatoms. The first-order chi connectivity index (χ1) is 14.4. The van der Waals surface area contributed by atoms with E-state index in [9.17, 15) is 14.7 Å². The summed E-state index contributed by atoms with van der Waals surface area (Å²) < 4.78 is 0. The van der Waals surface area contributed by atoms with Crippen LogP contribution in [0.15, 0.2) is 53.3 Å². The minimum atomic E-state index is -0.468. The fraction of sp³-hybridized carbons (Fsp3) is 0.261. The van der Waals surface area contributed by atoms with Crippen LogP contribution in [0.5, 0.6) is 5.75 Å². The first kappa shape index (κ1) is 19.8. The molecule has 1 aromatic heterocycles. The zero-order valence-electron chi connectivity index (χ0n) is 17.1. The zero-order chi connectivity index (χ0) is 21.3. The maximum atomic E-state index is 12.9. The van der Waals surface area contributed by atoms with Crippen LogP contribution in [-0.4, -0.2) is 64.0 Å². The Morgan fingerprint density at radius 1 is 1.03 bits per heavy atom. The summed E-state index contributed by atoms with van der Waals surface area (Å²) in [4.78, 5) is 36.0. The number of piperazine rings is 1. The molecule has 2 aromatic carbocycles. The molecule has 0 spiro atoms. The average Bonchev–Trinajstić information content (AvgIpc) is 2.75. The number of carbonyl (C=O) groups excluding carboxylic acids is 1. The number of nitrogens with one attached hydrogen (secondary N) is 1. The zero-order valence-corrected chi connectivity index (χ0v) is 17.1. The van der Waals surface area contributed by atoms with Crippen molar-refractivity contribution in [3.63, 3.8) is 0 Å². The number of hydrogen-bond acceptors (Lipinski definition) is 5. The van der Waals surface area contributed by atoms with Crippen LogP contribution in [0.2, 0.25) is 0 Å². The molecule has 0 unspecified atom stereocenters. The first-order valence-electron chi connectivity index (χ1n) is 9.90. The maximum absolute atomic E-state index is 12.9. The summed E-state index contributed by atoms with van der Waals surface area (Å²) in [6, 6.07) is 14.2. The quantitative estimate of drug-likeness (QED) is 0.700. The molecule has 4 rings (SSSR count). The van der Waals surface area contributed by atoms with Crippen molar-refractivity contribution in [3.05, 3.63) is 70.1 Å². The third-order valence-electron chi connectivity index (χ3n) is 5.45. The fourth-order valence-electron chi connectivity index (χ4n) is 3.59. The van der Waals surface area contributed by atoms with Crippen LogP contribution in [0.4, 0.5) is 0 Å². The van der Waals surface area contributed by atoms with Crippen LogP contribution in [0.1, 0.15) is 15.9 Å². The van der Waals surface area contributed by atoms with Gasteiger partial charge in [-0.1, -0.05) is 12.1 Å². The summed E-state index contributed by atoms with van der Waals surface area (Å²) in [6.45, 7) is 4.92. The summed E-state index contributed by atoms with van der Waals surface area (Å²) in [5.74, 6) is 0.190. The van der Waals surface area contributed by atoms with Crippen molar-refractivity contribution in [2.24, 2.45) is 0 Å². The summed E-state index contributed by atoms with van der Waals surface area (Å²) in [7, 11) is 2.05. The molecule has 154 valence electrons. The second-order valence-corrected chi connectivity index (χ2v) is 7.66. The lowest BCUT2D eigenvalue weighted by atomic mass is 10.0. The SMILES string of the molecule is Cc1cc(-c2cc(-c3cccc(C(=O)N4CCN(C)CC4)c3)nc(=O)[nH]2)ccc1O. The monoisotopic (exact) mass is 404 g/mol. The number of phenolic OH excluding ortho intramolecular Hbond substituents is 1. The highest BCUT2D eigenvalue weighted by molar-refractivity contribution is 5.95. The van der Waals surface area contributed by atoms with Gasteiger partial charge in [-0.15, -0.1) is 0 Å². The number of carbonyl (C=O) groups is 1. The lowest BCUT2D eigenvalue weighted by molar-refractivity contribution is 0.0664. The van der Waals surface area contributed by atoms with E-state index in [1.165, 1.54) is 0 Å². The van der Waals surface area contributed by atoms with Gasteiger partial charge in [-0.2, -0.15) is 4.98 Å². The average molecular weight is 404 g/mol. The molecule has 1 fully saturated rings. The first-order valence-corrected chi connectivity index (χ1v) is 9.90. The molecular formula is C23H24N4O3. The van der Waals surface area contributed by atoms with Crippen molar-refractivity contribution in [1.82, 2.24) is 19.8 Å². The van der Waals surface area contributed by atoms with E-state index in [-0.39, 0.29) is 11.7 Å². The minimum absolute atomic E-state index is 0.0100. The summed E-state index contributed by atoms with van der Waals surface area (Å²) in [5, 5.41) is 9.76. The van der Waals surface area contributed by atoms with Crippen molar-refractivity contribution < 1.29 is 9.90 Å². The van der Waals surface area contributed by atoms with E-state index in [1.807, 2.05) is 24.1 Å². The van der Waals surface area contributed by atoms with Crippen molar-refractivity contribution in [2.75, 3.05) is 33.2 Å². The van der Waals surface area contributed by atoms with E-state index in [1.54, 1.807) is 43.3 Å². The second kappa shape index (κ2) is 8.12. The molecule has 7 nitrogen and oxygen atoms in total. The van der Waals surface area contributed by atoms with Crippen LogP contribution in [0.25, 0.3) is 22.5 Å². The number of aromatic hydroxyl groups is 1. The van der Waals surface area contributed by atoms with E-state index in [2.05, 4.69) is 14.9 Å². The molecule has 1 aliphatic rings. The largest absolute Gasteiger partial charge is 0.508 e. The Morgan fingerprint density at radius 3 is 2.53 bits per heavy atom. The number of hydrogen-bond donors (Lipinski definition) is 2. The Bertz CT molecular complexity index is 1150. The van der Waals surface area contributed by atoms with Gasteiger partial charge in [0.2, 0.25) is 0 Å². The Hall–Kier alpha value is -3.45. The summed E-state index contributed by atoms with van der Waals surface area (Å²) in [5.41, 5.74) is 3.40. The van der Waals surface area contributed by atoms with E-state index >= 15 is 0 Å². The molecule has 3 aromatic rings. The third kappa shape index (κ3) is 4.11. The number of aromatic nitrogens is 2. The van der Waals surface area contributed by atoms with Gasteiger partial charge in [-0.3, -0.25) is 4.79 Å². The van der Waals surface area contributed by atoms with Crippen molar-refractivity contribution in [2.45, 2.75) is 6.92 Å².